The maximum Gasteiger partial charge on any atom is 0.225 e. The molecule has 0 aromatic heterocycles. The number of rotatable bonds is 5. The number of amides is 1. The number of nitrogens with zero attached hydrogens (tertiary/aromatic N) is 2. The Morgan fingerprint density at radius 2 is 2.07 bits per heavy atom. The smallest absolute Gasteiger partial charge is 0.225 e. The van der Waals surface area contributed by atoms with Crippen molar-refractivity contribution in [2.24, 2.45) is 10.9 Å². The van der Waals surface area contributed by atoms with E-state index < -0.39 is 0 Å². The van der Waals surface area contributed by atoms with E-state index in [9.17, 15) is 4.79 Å². The third-order valence-corrected chi connectivity index (χ3v) is 6.89. The van der Waals surface area contributed by atoms with Crippen molar-refractivity contribution < 1.29 is 4.79 Å². The summed E-state index contributed by atoms with van der Waals surface area (Å²) in [5.41, 5.74) is 1.47. The second-order valence-electron chi connectivity index (χ2n) is 8.61. The average molecular weight is 403 g/mol. The molecule has 5 nitrogen and oxygen atoms in total. The van der Waals surface area contributed by atoms with Gasteiger partial charge < -0.3 is 15.5 Å². The number of guanidine groups is 1. The summed E-state index contributed by atoms with van der Waals surface area (Å²) < 4.78 is 0. The van der Waals surface area contributed by atoms with Crippen LogP contribution in [0.25, 0.3) is 0 Å². The van der Waals surface area contributed by atoms with Crippen LogP contribution in [0.4, 0.5) is 0 Å². The average Bonchev–Trinajstić information content (AvgIpc) is 3.09. The Morgan fingerprint density at radius 3 is 2.75 bits per heavy atom. The van der Waals surface area contributed by atoms with Gasteiger partial charge in [-0.15, -0.1) is 0 Å². The van der Waals surface area contributed by atoms with E-state index in [1.165, 1.54) is 31.2 Å². The molecule has 6 heteroatoms. The minimum atomic E-state index is 0.169. The summed E-state index contributed by atoms with van der Waals surface area (Å²) in [7, 11) is 1.81. The molecule has 152 valence electrons. The van der Waals surface area contributed by atoms with Gasteiger partial charge in [-0.3, -0.25) is 9.79 Å². The van der Waals surface area contributed by atoms with Crippen LogP contribution in [0.3, 0.4) is 0 Å². The maximum absolute atomic E-state index is 12.6. The Morgan fingerprint density at radius 1 is 1.29 bits per heavy atom. The fourth-order valence-corrected chi connectivity index (χ4v) is 4.88. The highest BCUT2D eigenvalue weighted by Gasteiger charge is 2.44. The van der Waals surface area contributed by atoms with E-state index in [0.717, 1.165) is 49.9 Å². The van der Waals surface area contributed by atoms with E-state index in [2.05, 4.69) is 32.7 Å². The Labute approximate surface area is 172 Å². The lowest BCUT2D eigenvalue weighted by Crippen LogP contribution is -2.47. The number of nitrogens with one attached hydrogen (secondary N) is 2. The first kappa shape index (κ1) is 19.6. The molecule has 2 saturated carbocycles. The van der Waals surface area contributed by atoms with Gasteiger partial charge in [0.15, 0.2) is 5.96 Å². The number of halogens is 1. The molecule has 28 heavy (non-hydrogen) atoms. The van der Waals surface area contributed by atoms with Crippen molar-refractivity contribution in [2.45, 2.75) is 56.4 Å². The Hall–Kier alpha value is -1.75. The van der Waals surface area contributed by atoms with Crippen LogP contribution in [0.2, 0.25) is 5.02 Å². The molecule has 2 aliphatic carbocycles. The summed E-state index contributed by atoms with van der Waals surface area (Å²) in [5, 5.41) is 7.83. The fourth-order valence-electron chi connectivity index (χ4n) is 4.69. The number of likely N-dealkylation sites (tertiary alicyclic amines) is 1. The minimum Gasteiger partial charge on any atom is -0.356 e. The van der Waals surface area contributed by atoms with Crippen LogP contribution in [-0.2, 0) is 10.2 Å². The predicted molar refractivity (Wildman–Crippen MR) is 114 cm³/mol. The third-order valence-electron chi connectivity index (χ3n) is 6.65. The van der Waals surface area contributed by atoms with E-state index >= 15 is 0 Å². The zero-order valence-corrected chi connectivity index (χ0v) is 17.5. The standard InChI is InChI=1S/C22H31ClN4O/c1-24-21(25-15-22(10-11-22)17-7-4-8-18(23)13-17)26-19-9-12-27(14-19)20(28)16-5-2-3-6-16/h4,7-8,13,16,19H,2-3,5-6,9-12,14-15H2,1H3,(H2,24,25,26). The fraction of sp³-hybridized carbons (Fsp3) is 0.636. The Bertz CT molecular complexity index is 740. The van der Waals surface area contributed by atoms with Gasteiger partial charge in [0.05, 0.1) is 0 Å². The number of hydrogen-bond donors (Lipinski definition) is 2. The summed E-state index contributed by atoms with van der Waals surface area (Å²) in [5.74, 6) is 1.46. The molecule has 3 fully saturated rings. The van der Waals surface area contributed by atoms with Crippen LogP contribution < -0.4 is 10.6 Å². The molecule has 2 N–H and O–H groups in total. The van der Waals surface area contributed by atoms with Crippen molar-refractivity contribution in [2.75, 3.05) is 26.7 Å². The second-order valence-corrected chi connectivity index (χ2v) is 9.05. The SMILES string of the molecule is CN=C(NCC1(c2cccc(Cl)c2)CC1)NC1CCN(C(=O)C2CCCC2)C1. The van der Waals surface area contributed by atoms with Crippen molar-refractivity contribution in [1.29, 1.82) is 0 Å². The van der Waals surface area contributed by atoms with Crippen LogP contribution in [-0.4, -0.2) is 49.5 Å². The molecule has 3 aliphatic rings. The highest BCUT2D eigenvalue weighted by molar-refractivity contribution is 6.30. The third kappa shape index (κ3) is 4.29. The van der Waals surface area contributed by atoms with Crippen molar-refractivity contribution in [1.82, 2.24) is 15.5 Å². The number of hydrogen-bond acceptors (Lipinski definition) is 2. The van der Waals surface area contributed by atoms with E-state index in [0.29, 0.717) is 5.91 Å². The van der Waals surface area contributed by atoms with E-state index in [1.807, 2.05) is 19.2 Å². The van der Waals surface area contributed by atoms with Gasteiger partial charge in [-0.2, -0.15) is 0 Å². The van der Waals surface area contributed by atoms with Gasteiger partial charge in [0.1, 0.15) is 0 Å². The maximum atomic E-state index is 12.6. The van der Waals surface area contributed by atoms with Gasteiger partial charge in [-0.05, 0) is 49.8 Å². The first-order valence-electron chi connectivity index (χ1n) is 10.6. The first-order valence-corrected chi connectivity index (χ1v) is 11.0. The summed E-state index contributed by atoms with van der Waals surface area (Å²) in [4.78, 5) is 19.1. The van der Waals surface area contributed by atoms with Gasteiger partial charge in [-0.1, -0.05) is 36.6 Å². The number of carbonyl (C=O) groups excluding carboxylic acids is 1. The monoisotopic (exact) mass is 402 g/mol. The summed E-state index contributed by atoms with van der Waals surface area (Å²) in [6.45, 7) is 2.50. The van der Waals surface area contributed by atoms with Gasteiger partial charge in [0, 0.05) is 49.1 Å². The highest BCUT2D eigenvalue weighted by Crippen LogP contribution is 2.48. The van der Waals surface area contributed by atoms with Crippen molar-refractivity contribution in [3.05, 3.63) is 34.9 Å². The molecule has 0 bridgehead atoms. The molecule has 1 atom stereocenters. The molecule has 1 saturated heterocycles. The van der Waals surface area contributed by atoms with Crippen LogP contribution in [0.1, 0.15) is 50.5 Å². The molecular weight excluding hydrogens is 372 g/mol. The van der Waals surface area contributed by atoms with Crippen molar-refractivity contribution >= 4 is 23.5 Å². The normalized spacial score (nSPS) is 24.4. The van der Waals surface area contributed by atoms with Crippen molar-refractivity contribution in [3.8, 4) is 0 Å². The lowest BCUT2D eigenvalue weighted by molar-refractivity contribution is -0.134. The quantitative estimate of drug-likeness (QED) is 0.586. The zero-order chi connectivity index (χ0) is 19.6. The second kappa shape index (κ2) is 8.32. The number of benzene rings is 1. The summed E-state index contributed by atoms with van der Waals surface area (Å²) >= 11 is 6.18. The molecule has 1 aliphatic heterocycles. The van der Waals surface area contributed by atoms with Gasteiger partial charge in [0.25, 0.3) is 0 Å². The topological polar surface area (TPSA) is 56.7 Å². The molecule has 1 amide bonds. The van der Waals surface area contributed by atoms with Crippen LogP contribution >= 0.6 is 11.6 Å². The molecule has 4 rings (SSSR count). The van der Waals surface area contributed by atoms with E-state index in [4.69, 9.17) is 11.6 Å². The largest absolute Gasteiger partial charge is 0.356 e. The summed E-state index contributed by atoms with van der Waals surface area (Å²) in [6.07, 6.45) is 7.88. The molecule has 1 unspecified atom stereocenters. The summed E-state index contributed by atoms with van der Waals surface area (Å²) in [6, 6.07) is 8.47. The molecule has 1 aromatic carbocycles. The van der Waals surface area contributed by atoms with Crippen molar-refractivity contribution in [3.63, 3.8) is 0 Å². The lowest BCUT2D eigenvalue weighted by Gasteiger charge is -2.23. The van der Waals surface area contributed by atoms with Gasteiger partial charge in [0.2, 0.25) is 5.91 Å². The molecule has 1 heterocycles. The Balaban J connectivity index is 1.28. The van der Waals surface area contributed by atoms with Crippen LogP contribution in [0.5, 0.6) is 0 Å². The number of carbonyl (C=O) groups is 1. The molecule has 0 radical (unpaired) electrons. The molecule has 1 aromatic rings. The van der Waals surface area contributed by atoms with Crippen LogP contribution in [0.15, 0.2) is 29.3 Å². The van der Waals surface area contributed by atoms with Gasteiger partial charge >= 0.3 is 0 Å². The highest BCUT2D eigenvalue weighted by atomic mass is 35.5. The van der Waals surface area contributed by atoms with E-state index in [1.54, 1.807) is 0 Å². The van der Waals surface area contributed by atoms with Gasteiger partial charge in [-0.25, -0.2) is 0 Å². The van der Waals surface area contributed by atoms with Crippen LogP contribution in [0, 0.1) is 5.92 Å². The minimum absolute atomic E-state index is 0.169. The molecular formula is C22H31ClN4O. The zero-order valence-electron chi connectivity index (χ0n) is 16.7. The molecule has 0 spiro atoms. The first-order chi connectivity index (χ1) is 13.6. The lowest BCUT2D eigenvalue weighted by atomic mass is 9.96. The predicted octanol–water partition coefficient (Wildman–Crippen LogP) is 3.33. The Kier molecular flexibility index (Phi) is 5.81. The number of aliphatic imine (C=N–C) groups is 1. The van der Waals surface area contributed by atoms with E-state index in [-0.39, 0.29) is 17.4 Å².